The first-order valence-corrected chi connectivity index (χ1v) is 13.9. The van der Waals surface area contributed by atoms with Gasteiger partial charge in [-0.05, 0) is 58.5 Å². The van der Waals surface area contributed by atoms with Crippen LogP contribution in [0.15, 0.2) is 61.2 Å². The Morgan fingerprint density at radius 3 is 2.28 bits per heavy atom. The maximum absolute atomic E-state index is 15.6. The van der Waals surface area contributed by atoms with Crippen LogP contribution in [-0.4, -0.2) is 85.6 Å². The summed E-state index contributed by atoms with van der Waals surface area (Å²) in [5, 5.41) is 45.6. The predicted octanol–water partition coefficient (Wildman–Crippen LogP) is 2.43. The van der Waals surface area contributed by atoms with Gasteiger partial charge >= 0.3 is 11.9 Å². The zero-order valence-corrected chi connectivity index (χ0v) is 24.8. The molecule has 50 heavy (non-hydrogen) atoms. The summed E-state index contributed by atoms with van der Waals surface area (Å²) in [6.07, 6.45) is 4.13. The number of anilines is 2. The fraction of sp³-hybridized carbons (Fsp3) is 0.0690. The number of rotatable bonds is 11. The molecule has 0 spiro atoms. The molecule has 0 aliphatic carbocycles. The van der Waals surface area contributed by atoms with Crippen LogP contribution in [0.1, 0.15) is 47.3 Å². The van der Waals surface area contributed by atoms with Crippen molar-refractivity contribution in [2.45, 2.75) is 6.42 Å². The number of halogens is 3. The smallest absolute Gasteiger partial charge is 0.338 e. The Kier molecular flexibility index (Phi) is 8.76. The number of hydrogen-bond donors (Lipinski definition) is 4. The van der Waals surface area contributed by atoms with Gasteiger partial charge in [0, 0.05) is 18.8 Å². The normalized spacial score (nSPS) is 10.9. The molecule has 0 saturated heterocycles. The van der Waals surface area contributed by atoms with E-state index in [-0.39, 0.29) is 28.3 Å². The van der Waals surface area contributed by atoms with Crippen LogP contribution in [0.2, 0.25) is 0 Å². The van der Waals surface area contributed by atoms with Gasteiger partial charge in [-0.1, -0.05) is 0 Å². The molecule has 2 amide bonds. The summed E-state index contributed by atoms with van der Waals surface area (Å²) >= 11 is 0. The third-order valence-electron chi connectivity index (χ3n) is 6.88. The van der Waals surface area contributed by atoms with E-state index in [2.05, 4.69) is 41.1 Å². The second-order valence-corrected chi connectivity index (χ2v) is 10.0. The average Bonchev–Trinajstić information content (AvgIpc) is 3.81. The van der Waals surface area contributed by atoms with Gasteiger partial charge in [0.1, 0.15) is 12.1 Å². The monoisotopic (exact) mass is 689 g/mol. The van der Waals surface area contributed by atoms with Crippen molar-refractivity contribution in [2.75, 3.05) is 17.2 Å². The average molecular weight is 690 g/mol. The molecule has 21 heteroatoms. The summed E-state index contributed by atoms with van der Waals surface area (Å²) in [6, 6.07) is 7.30. The van der Waals surface area contributed by atoms with Crippen LogP contribution < -0.4 is 15.4 Å². The minimum atomic E-state index is -1.79. The third kappa shape index (κ3) is 6.58. The molecule has 6 aromatic rings. The first kappa shape index (κ1) is 32.6. The highest BCUT2D eigenvalue weighted by atomic mass is 19.1. The van der Waals surface area contributed by atoms with Gasteiger partial charge < -0.3 is 25.6 Å². The van der Waals surface area contributed by atoms with Crippen LogP contribution in [0.25, 0.3) is 11.5 Å². The van der Waals surface area contributed by atoms with Crippen molar-refractivity contribution in [3.8, 4) is 11.6 Å². The number of amides is 2. The topological polar surface area (TPSA) is 242 Å². The molecule has 2 aromatic carbocycles. The summed E-state index contributed by atoms with van der Waals surface area (Å²) in [5.41, 5.74) is -3.47. The SMILES string of the molecule is O=C(Nc1cc(CCOc2c(F)cc(C(=O)O)c(NC(=O)c3ccc4nnnn4n3)c2F)c(F)cc1C(=O)O)c1ccc(-n2ccnc2)nn1. The maximum Gasteiger partial charge on any atom is 0.338 e. The van der Waals surface area contributed by atoms with E-state index in [0.717, 1.165) is 10.7 Å². The number of aromatic carboxylic acids is 2. The molecule has 0 bridgehead atoms. The number of hydrogen-bond acceptors (Lipinski definition) is 12. The molecule has 4 aromatic heterocycles. The van der Waals surface area contributed by atoms with Crippen molar-refractivity contribution >= 4 is 40.8 Å². The first-order valence-electron chi connectivity index (χ1n) is 13.9. The largest absolute Gasteiger partial charge is 0.487 e. The summed E-state index contributed by atoms with van der Waals surface area (Å²) < 4.78 is 53.0. The van der Waals surface area contributed by atoms with Gasteiger partial charge in [0.15, 0.2) is 40.2 Å². The van der Waals surface area contributed by atoms with E-state index >= 15 is 4.39 Å². The molecule has 0 unspecified atom stereocenters. The number of aromatic nitrogens is 9. The number of imidazole rings is 1. The second kappa shape index (κ2) is 13.4. The number of fused-ring (bicyclic) bond motifs is 1. The molecular weight excluding hydrogens is 671 g/mol. The number of nitrogens with one attached hydrogen (secondary N) is 2. The van der Waals surface area contributed by atoms with Crippen molar-refractivity contribution < 1.29 is 47.3 Å². The second-order valence-electron chi connectivity index (χ2n) is 10.0. The summed E-state index contributed by atoms with van der Waals surface area (Å²) in [5.74, 6) is -10.2. The molecule has 18 nitrogen and oxygen atoms in total. The number of ether oxygens (including phenoxy) is 1. The van der Waals surface area contributed by atoms with Gasteiger partial charge in [-0.3, -0.25) is 14.2 Å². The van der Waals surface area contributed by atoms with Crippen LogP contribution in [-0.2, 0) is 6.42 Å². The third-order valence-corrected chi connectivity index (χ3v) is 6.88. The van der Waals surface area contributed by atoms with E-state index in [9.17, 15) is 38.2 Å². The lowest BCUT2D eigenvalue weighted by Crippen LogP contribution is -2.20. The molecule has 0 saturated carbocycles. The van der Waals surface area contributed by atoms with Crippen LogP contribution >= 0.6 is 0 Å². The molecule has 0 fully saturated rings. The minimum absolute atomic E-state index is 0.172. The molecule has 4 heterocycles. The molecule has 4 N–H and O–H groups in total. The van der Waals surface area contributed by atoms with E-state index in [4.69, 9.17) is 4.74 Å². The van der Waals surface area contributed by atoms with E-state index in [1.54, 1.807) is 6.20 Å². The molecule has 0 aliphatic rings. The summed E-state index contributed by atoms with van der Waals surface area (Å²) in [4.78, 5) is 53.1. The zero-order valence-electron chi connectivity index (χ0n) is 24.8. The molecule has 0 aliphatic heterocycles. The van der Waals surface area contributed by atoms with Crippen molar-refractivity contribution in [3.63, 3.8) is 0 Å². The number of carboxylic acids is 2. The van der Waals surface area contributed by atoms with Crippen molar-refractivity contribution in [1.29, 1.82) is 0 Å². The van der Waals surface area contributed by atoms with Gasteiger partial charge in [-0.15, -0.1) is 25.0 Å². The summed E-state index contributed by atoms with van der Waals surface area (Å²) in [7, 11) is 0. The van der Waals surface area contributed by atoms with Gasteiger partial charge in [-0.25, -0.2) is 27.7 Å². The molecular formula is C29H18F3N11O7. The van der Waals surface area contributed by atoms with E-state index < -0.39 is 76.8 Å². The van der Waals surface area contributed by atoms with E-state index in [0.29, 0.717) is 18.0 Å². The number of carbonyl (C=O) groups excluding carboxylic acids is 2. The Labute approximate surface area is 275 Å². The van der Waals surface area contributed by atoms with Crippen LogP contribution in [0.5, 0.6) is 5.75 Å². The van der Waals surface area contributed by atoms with Gasteiger partial charge in [0.25, 0.3) is 11.8 Å². The van der Waals surface area contributed by atoms with Crippen LogP contribution in [0.3, 0.4) is 0 Å². The van der Waals surface area contributed by atoms with Crippen LogP contribution in [0, 0.1) is 17.5 Å². The number of benzene rings is 2. The Morgan fingerprint density at radius 1 is 0.840 bits per heavy atom. The summed E-state index contributed by atoms with van der Waals surface area (Å²) in [6.45, 7) is -0.636. The highest BCUT2D eigenvalue weighted by Crippen LogP contribution is 2.33. The Morgan fingerprint density at radius 2 is 1.58 bits per heavy atom. The Bertz CT molecular complexity index is 2300. The highest BCUT2D eigenvalue weighted by molar-refractivity contribution is 6.08. The quantitative estimate of drug-likeness (QED) is 0.153. The zero-order chi connectivity index (χ0) is 35.5. The molecule has 252 valence electrons. The van der Waals surface area contributed by atoms with Crippen LogP contribution in [0.4, 0.5) is 24.5 Å². The highest BCUT2D eigenvalue weighted by Gasteiger charge is 2.26. The minimum Gasteiger partial charge on any atom is -0.487 e. The maximum atomic E-state index is 15.6. The van der Waals surface area contributed by atoms with E-state index in [1.165, 1.54) is 41.4 Å². The molecule has 0 radical (unpaired) electrons. The fourth-order valence-electron chi connectivity index (χ4n) is 4.49. The van der Waals surface area contributed by atoms with Gasteiger partial charge in [-0.2, -0.15) is 0 Å². The van der Waals surface area contributed by atoms with Crippen molar-refractivity contribution in [1.82, 2.24) is 45.0 Å². The predicted molar refractivity (Wildman–Crippen MR) is 160 cm³/mol. The molecule has 6 rings (SSSR count). The molecule has 0 atom stereocenters. The lowest BCUT2D eigenvalue weighted by molar-refractivity contribution is 0.0686. The lowest BCUT2D eigenvalue weighted by atomic mass is 10.1. The van der Waals surface area contributed by atoms with Crippen molar-refractivity contribution in [2.24, 2.45) is 0 Å². The van der Waals surface area contributed by atoms with Gasteiger partial charge in [0.05, 0.1) is 29.1 Å². The number of carbonyl (C=O) groups is 4. The first-order chi connectivity index (χ1) is 24.0. The standard InChI is InChI=1S/C29H18F3N11O7/c30-16-10-14(28(46)47)20(34-26(44)18-1-3-21(37-36-18)42-7-6-33-12-42)9-13(16)5-8-50-25-17(31)11-15(29(48)49)24(23(25)32)35-27(45)19-2-4-22-38-40-41-43(22)39-19/h1-4,6-7,9-12H,5,8H2,(H,34,44)(H,35,45)(H,46,47)(H,48,49). The lowest BCUT2D eigenvalue weighted by Gasteiger charge is -2.15. The fourth-order valence-corrected chi connectivity index (χ4v) is 4.49. The Hall–Kier alpha value is -7.32. The van der Waals surface area contributed by atoms with E-state index in [1.807, 2.05) is 5.32 Å². The van der Waals surface area contributed by atoms with Gasteiger partial charge in [0.2, 0.25) is 0 Å². The number of tetrazole rings is 1. The van der Waals surface area contributed by atoms with Crippen molar-refractivity contribution in [3.05, 3.63) is 107 Å². The number of carboxylic acid groups (broad SMARTS) is 2. The Balaban J connectivity index is 1.20. The number of nitrogens with zero attached hydrogens (tertiary/aromatic N) is 9.